The summed E-state index contributed by atoms with van der Waals surface area (Å²) in [6, 6.07) is 17.5. The Bertz CT molecular complexity index is 1660. The highest BCUT2D eigenvalue weighted by atomic mass is 35.5. The number of azo groups is 1. The highest BCUT2D eigenvalue weighted by Gasteiger charge is 2.16. The van der Waals surface area contributed by atoms with E-state index < -0.39 is 5.91 Å². The predicted molar refractivity (Wildman–Crippen MR) is 150 cm³/mol. The number of hydrogen-bond donors (Lipinski definition) is 1. The minimum Gasteiger partial charge on any atom is -0.493 e. The number of rotatable bonds is 7. The third-order valence-corrected chi connectivity index (χ3v) is 6.92. The molecule has 1 aromatic heterocycles. The average Bonchev–Trinajstić information content (AvgIpc) is 3.20. The smallest absolute Gasteiger partial charge is 0.295 e. The van der Waals surface area contributed by atoms with Gasteiger partial charge in [-0.25, -0.2) is 0 Å². The van der Waals surface area contributed by atoms with Gasteiger partial charge in [-0.05, 0) is 59.1 Å². The van der Waals surface area contributed by atoms with E-state index in [-0.39, 0.29) is 11.4 Å². The maximum Gasteiger partial charge on any atom is 0.295 e. The van der Waals surface area contributed by atoms with Gasteiger partial charge in [-0.1, -0.05) is 41.9 Å². The maximum atomic E-state index is 12.5. The number of amides is 1. The monoisotopic (exact) mass is 567 g/mol. The number of ether oxygens (including phenoxy) is 3. The number of carbonyl (C=O) groups is 1. The number of carbonyl (C=O) groups excluding carboxylic acids is 1. The SMILES string of the molecule is COc1cc(C(=O)N=NC=c2ccc(=Cc3sc(=S)n(-c4cccc(Cl)c4)c3O)cc2)cc(OC)c1OC. The summed E-state index contributed by atoms with van der Waals surface area (Å²) in [5.74, 6) is 0.549. The van der Waals surface area contributed by atoms with Crippen LogP contribution in [0.25, 0.3) is 18.0 Å². The van der Waals surface area contributed by atoms with Crippen molar-refractivity contribution < 1.29 is 24.1 Å². The number of halogens is 1. The molecule has 0 aliphatic carbocycles. The Balaban J connectivity index is 1.55. The zero-order chi connectivity index (χ0) is 27.2. The van der Waals surface area contributed by atoms with E-state index in [2.05, 4.69) is 10.2 Å². The van der Waals surface area contributed by atoms with Gasteiger partial charge in [0.05, 0.1) is 43.7 Å². The number of benzene rings is 3. The molecule has 0 saturated heterocycles. The van der Waals surface area contributed by atoms with Crippen LogP contribution in [0.3, 0.4) is 0 Å². The van der Waals surface area contributed by atoms with Gasteiger partial charge in [0.25, 0.3) is 5.91 Å². The van der Waals surface area contributed by atoms with Crippen molar-refractivity contribution in [3.8, 4) is 28.8 Å². The molecule has 0 unspecified atom stereocenters. The van der Waals surface area contributed by atoms with Gasteiger partial charge in [0, 0.05) is 5.02 Å². The Labute approximate surface area is 232 Å². The Morgan fingerprint density at radius 3 is 2.26 bits per heavy atom. The minimum atomic E-state index is -0.564. The summed E-state index contributed by atoms with van der Waals surface area (Å²) < 4.78 is 17.9. The van der Waals surface area contributed by atoms with Crippen molar-refractivity contribution in [1.29, 1.82) is 0 Å². The zero-order valence-corrected chi connectivity index (χ0v) is 22.9. The minimum absolute atomic E-state index is 0.0389. The molecule has 0 radical (unpaired) electrons. The lowest BCUT2D eigenvalue weighted by atomic mass is 10.1. The van der Waals surface area contributed by atoms with Gasteiger partial charge in [0.15, 0.2) is 15.5 Å². The van der Waals surface area contributed by atoms with Crippen molar-refractivity contribution in [3.63, 3.8) is 0 Å². The van der Waals surface area contributed by atoms with E-state index in [0.29, 0.717) is 36.8 Å². The number of methoxy groups -OCH3 is 3. The number of aromatic hydroxyl groups is 1. The molecule has 0 saturated carbocycles. The lowest BCUT2D eigenvalue weighted by Gasteiger charge is -2.12. The molecule has 8 nitrogen and oxygen atoms in total. The maximum absolute atomic E-state index is 12.5. The fourth-order valence-corrected chi connectivity index (χ4v) is 5.05. The molecule has 3 aromatic carbocycles. The summed E-state index contributed by atoms with van der Waals surface area (Å²) in [6.07, 6.45) is 3.30. The standard InChI is InChI=1S/C27H22ClN3O5S2/c1-34-21-12-18(13-22(35-2)24(21)36-3)25(32)30-29-15-17-9-7-16(8-10-17)11-23-26(33)31(27(37)38-23)20-6-4-5-19(28)14-20/h4-15,33H,1-3H3. The van der Waals surface area contributed by atoms with E-state index in [9.17, 15) is 9.90 Å². The van der Waals surface area contributed by atoms with Crippen molar-refractivity contribution in [1.82, 2.24) is 4.57 Å². The second kappa shape index (κ2) is 12.0. The van der Waals surface area contributed by atoms with E-state index in [4.69, 9.17) is 38.0 Å². The summed E-state index contributed by atoms with van der Waals surface area (Å²) in [5.41, 5.74) is 0.931. The van der Waals surface area contributed by atoms with E-state index in [1.165, 1.54) is 51.0 Å². The molecular formula is C27H22ClN3O5S2. The van der Waals surface area contributed by atoms with Crippen LogP contribution in [0.2, 0.25) is 5.02 Å². The first kappa shape index (κ1) is 27.1. The summed E-state index contributed by atoms with van der Waals surface area (Å²) in [4.78, 5) is 13.1. The van der Waals surface area contributed by atoms with Crippen LogP contribution in [-0.4, -0.2) is 36.9 Å². The summed E-state index contributed by atoms with van der Waals surface area (Å²) in [6.45, 7) is 0. The van der Waals surface area contributed by atoms with Gasteiger partial charge >= 0.3 is 0 Å². The van der Waals surface area contributed by atoms with Crippen molar-refractivity contribution in [2.45, 2.75) is 0 Å². The quantitative estimate of drug-likeness (QED) is 0.234. The molecule has 0 atom stereocenters. The highest BCUT2D eigenvalue weighted by molar-refractivity contribution is 7.73. The van der Waals surface area contributed by atoms with E-state index in [1.54, 1.807) is 22.8 Å². The summed E-state index contributed by atoms with van der Waals surface area (Å²) in [5, 5.41) is 20.6. The van der Waals surface area contributed by atoms with Crippen molar-refractivity contribution in [2.75, 3.05) is 21.3 Å². The number of hydrogen-bond acceptors (Lipinski definition) is 8. The Kier molecular flexibility index (Phi) is 8.57. The van der Waals surface area contributed by atoms with Gasteiger partial charge in [0.1, 0.15) is 0 Å². The van der Waals surface area contributed by atoms with Crippen molar-refractivity contribution in [2.24, 2.45) is 10.2 Å². The number of nitrogens with zero attached hydrogens (tertiary/aromatic N) is 3. The molecule has 38 heavy (non-hydrogen) atoms. The van der Waals surface area contributed by atoms with Crippen LogP contribution in [-0.2, 0) is 0 Å². The molecule has 0 spiro atoms. The molecule has 0 aliphatic heterocycles. The molecule has 1 N–H and O–H groups in total. The predicted octanol–water partition coefficient (Wildman–Crippen LogP) is 5.51. The van der Waals surface area contributed by atoms with Crippen LogP contribution < -0.4 is 24.6 Å². The fraction of sp³-hybridized carbons (Fsp3) is 0.111. The third-order valence-electron chi connectivity index (χ3n) is 5.38. The molecule has 1 heterocycles. The van der Waals surface area contributed by atoms with Crippen LogP contribution in [0.1, 0.15) is 15.2 Å². The van der Waals surface area contributed by atoms with Crippen molar-refractivity contribution >= 4 is 53.3 Å². The second-order valence-electron chi connectivity index (χ2n) is 7.75. The molecule has 4 aromatic rings. The molecular weight excluding hydrogens is 546 g/mol. The van der Waals surface area contributed by atoms with Crippen LogP contribution in [0.5, 0.6) is 23.1 Å². The Morgan fingerprint density at radius 1 is 1.00 bits per heavy atom. The summed E-state index contributed by atoms with van der Waals surface area (Å²) in [7, 11) is 4.42. The second-order valence-corrected chi connectivity index (χ2v) is 9.86. The first-order valence-electron chi connectivity index (χ1n) is 11.1. The Morgan fingerprint density at radius 2 is 1.66 bits per heavy atom. The van der Waals surface area contributed by atoms with Gasteiger partial charge in [-0.3, -0.25) is 9.36 Å². The van der Waals surface area contributed by atoms with Gasteiger partial charge < -0.3 is 19.3 Å². The van der Waals surface area contributed by atoms with Gasteiger partial charge in [-0.2, -0.15) is 5.11 Å². The van der Waals surface area contributed by atoms with Crippen molar-refractivity contribution in [3.05, 3.63) is 90.5 Å². The van der Waals surface area contributed by atoms with E-state index in [1.807, 2.05) is 36.4 Å². The molecule has 11 heteroatoms. The van der Waals surface area contributed by atoms with E-state index >= 15 is 0 Å². The average molecular weight is 568 g/mol. The van der Waals surface area contributed by atoms with Crippen LogP contribution >= 0.6 is 35.2 Å². The first-order chi connectivity index (χ1) is 18.3. The Hall–Kier alpha value is -3.99. The molecule has 1 amide bonds. The fourth-order valence-electron chi connectivity index (χ4n) is 3.56. The molecule has 194 valence electrons. The zero-order valence-electron chi connectivity index (χ0n) is 20.5. The van der Waals surface area contributed by atoms with Gasteiger partial charge in [-0.15, -0.1) is 16.5 Å². The first-order valence-corrected chi connectivity index (χ1v) is 12.7. The van der Waals surface area contributed by atoms with Gasteiger partial charge in [0.2, 0.25) is 11.6 Å². The highest BCUT2D eigenvalue weighted by Crippen LogP contribution is 2.38. The van der Waals surface area contributed by atoms with Crippen LogP contribution in [0, 0.1) is 3.95 Å². The molecule has 0 bridgehead atoms. The van der Waals surface area contributed by atoms with Crippen LogP contribution in [0.4, 0.5) is 0 Å². The normalized spacial score (nSPS) is 10.8. The topological polar surface area (TPSA) is 94.6 Å². The van der Waals surface area contributed by atoms with Crippen LogP contribution in [0.15, 0.2) is 70.9 Å². The third kappa shape index (κ3) is 5.94. The number of aromatic nitrogens is 1. The van der Waals surface area contributed by atoms with E-state index in [0.717, 1.165) is 10.4 Å². The lowest BCUT2D eigenvalue weighted by molar-refractivity contribution is 0.0994. The molecule has 0 aliphatic rings. The molecule has 4 rings (SSSR count). The lowest BCUT2D eigenvalue weighted by Crippen LogP contribution is -2.06. The summed E-state index contributed by atoms with van der Waals surface area (Å²) >= 11 is 12.8. The largest absolute Gasteiger partial charge is 0.493 e. The molecule has 0 fully saturated rings. The number of thiazole rings is 1.